The normalized spacial score (nSPS) is 35.3. The van der Waals surface area contributed by atoms with Crippen LogP contribution in [0.4, 0.5) is 9.59 Å². The second-order valence-electron chi connectivity index (χ2n) is 9.67. The van der Waals surface area contributed by atoms with Crippen molar-refractivity contribution in [1.29, 1.82) is 0 Å². The summed E-state index contributed by atoms with van der Waals surface area (Å²) in [5.41, 5.74) is 0.339. The molecule has 0 aromatic carbocycles. The highest BCUT2D eigenvalue weighted by Gasteiger charge is 2.74. The fraction of sp³-hybridized carbons (Fsp3) is 0.636. The number of carbonyl (C=O) groups excluding carboxylic acids is 4. The number of hydrogen-bond acceptors (Lipinski definition) is 5. The monoisotopic (exact) mass is 400 g/mol. The van der Waals surface area contributed by atoms with Crippen molar-refractivity contribution in [2.75, 3.05) is 6.61 Å². The molecule has 4 saturated carbocycles. The third-order valence-corrected chi connectivity index (χ3v) is 7.78. The molecule has 0 aromatic rings. The van der Waals surface area contributed by atoms with Crippen molar-refractivity contribution in [2.24, 2.45) is 28.6 Å². The first-order chi connectivity index (χ1) is 13.6. The summed E-state index contributed by atoms with van der Waals surface area (Å²) in [6, 6.07) is -1.15. The van der Waals surface area contributed by atoms with E-state index in [0.29, 0.717) is 10.8 Å². The zero-order valence-corrected chi connectivity index (χ0v) is 17.1. The van der Waals surface area contributed by atoms with Crippen LogP contribution in [0.3, 0.4) is 0 Å². The largest absolute Gasteiger partial charge is 0.448 e. The summed E-state index contributed by atoms with van der Waals surface area (Å²) in [6.45, 7) is 9.98. The summed E-state index contributed by atoms with van der Waals surface area (Å²) in [4.78, 5) is 49.7. The number of hydrogen-bond donors (Lipinski definition) is 1. The van der Waals surface area contributed by atoms with Crippen molar-refractivity contribution in [1.82, 2.24) is 10.2 Å². The van der Waals surface area contributed by atoms with Gasteiger partial charge in [0.05, 0.1) is 6.61 Å². The highest BCUT2D eigenvalue weighted by atomic mass is 16.6. The van der Waals surface area contributed by atoms with Crippen molar-refractivity contribution in [3.05, 3.63) is 24.3 Å². The summed E-state index contributed by atoms with van der Waals surface area (Å²) in [7, 11) is 0. The second kappa shape index (κ2) is 6.54. The number of fused-ring (bicyclic) bond motifs is 2. The van der Waals surface area contributed by atoms with E-state index in [0.717, 1.165) is 24.7 Å². The molecule has 7 nitrogen and oxygen atoms in total. The minimum Gasteiger partial charge on any atom is -0.448 e. The van der Waals surface area contributed by atoms with Crippen LogP contribution >= 0.6 is 0 Å². The second-order valence-corrected chi connectivity index (χ2v) is 9.67. The highest BCUT2D eigenvalue weighted by molar-refractivity contribution is 6.17. The average molecular weight is 400 g/mol. The molecule has 0 saturated heterocycles. The Hall–Kier alpha value is -2.44. The van der Waals surface area contributed by atoms with Crippen LogP contribution in [0, 0.1) is 28.6 Å². The molecule has 4 aliphatic carbocycles. The first-order valence-electron chi connectivity index (χ1n) is 10.3. The van der Waals surface area contributed by atoms with E-state index in [1.165, 1.54) is 39.5 Å². The number of carbonyl (C=O) groups is 4. The summed E-state index contributed by atoms with van der Waals surface area (Å²) in [6.07, 6.45) is 6.05. The Bertz CT molecular complexity index is 842. The molecule has 1 spiro atoms. The molecular formula is C22H28N2O5. The molecule has 0 aromatic heterocycles. The predicted octanol–water partition coefficient (Wildman–Crippen LogP) is 3.56. The fourth-order valence-electron chi connectivity index (χ4n) is 6.81. The Morgan fingerprint density at radius 1 is 1.00 bits per heavy atom. The maximum Gasteiger partial charge on any atom is 0.425 e. The summed E-state index contributed by atoms with van der Waals surface area (Å²) in [5, 5.41) is 1.99. The number of ether oxygens (including phenoxy) is 1. The Balaban J connectivity index is 1.47. The fourth-order valence-corrected chi connectivity index (χ4v) is 6.81. The van der Waals surface area contributed by atoms with Crippen molar-refractivity contribution in [3.8, 4) is 0 Å². The zero-order valence-electron chi connectivity index (χ0n) is 17.1. The number of nitrogens with one attached hydrogen (secondary N) is 1. The Morgan fingerprint density at radius 3 is 2.34 bits per heavy atom. The molecule has 5 unspecified atom stereocenters. The maximum absolute atomic E-state index is 12.7. The van der Waals surface area contributed by atoms with Crippen LogP contribution in [0.2, 0.25) is 0 Å². The van der Waals surface area contributed by atoms with Crippen molar-refractivity contribution in [3.63, 3.8) is 0 Å². The third-order valence-electron chi connectivity index (χ3n) is 7.78. The van der Waals surface area contributed by atoms with Crippen molar-refractivity contribution < 1.29 is 23.9 Å². The average Bonchev–Trinajstić information content (AvgIpc) is 2.95. The van der Waals surface area contributed by atoms with Gasteiger partial charge in [-0.15, -0.1) is 0 Å². The number of urea groups is 1. The van der Waals surface area contributed by atoms with E-state index in [9.17, 15) is 19.2 Å². The molecule has 29 heavy (non-hydrogen) atoms. The number of amides is 5. The van der Waals surface area contributed by atoms with Crippen LogP contribution < -0.4 is 5.32 Å². The lowest BCUT2D eigenvalue weighted by atomic mass is 9.46. The molecule has 1 N–H and O–H groups in total. The SMILES string of the molecule is C=C(C)C(=O)NC(=O)N(C(=O)OCC12CC3CC4CC(C1)C2(C4)C3)C(=O)C(=C)C. The minimum atomic E-state index is -1.15. The van der Waals surface area contributed by atoms with Gasteiger partial charge < -0.3 is 4.74 Å². The van der Waals surface area contributed by atoms with Gasteiger partial charge in [-0.05, 0) is 75.5 Å². The van der Waals surface area contributed by atoms with Crippen LogP contribution in [0.25, 0.3) is 0 Å². The van der Waals surface area contributed by atoms with Gasteiger partial charge in [0.15, 0.2) is 0 Å². The van der Waals surface area contributed by atoms with Gasteiger partial charge in [-0.3, -0.25) is 14.9 Å². The van der Waals surface area contributed by atoms with E-state index < -0.39 is 23.9 Å². The standard InChI is InChI=1S/C22H28N2O5/c1-12(2)17(25)23-19(27)24(18(26)13(3)4)20(28)29-11-21-7-15-5-14-6-16(10-21)22(21,8-14)9-15/h14-16H,1,3,5-11H2,2,4H3,(H,23,25,27). The molecule has 156 valence electrons. The molecule has 4 rings (SSSR count). The minimum absolute atomic E-state index is 0.00398. The van der Waals surface area contributed by atoms with E-state index in [-0.39, 0.29) is 28.6 Å². The van der Waals surface area contributed by atoms with Gasteiger partial charge >= 0.3 is 12.1 Å². The summed E-state index contributed by atoms with van der Waals surface area (Å²) < 4.78 is 5.55. The van der Waals surface area contributed by atoms with Crippen LogP contribution in [-0.4, -0.2) is 35.4 Å². The smallest absolute Gasteiger partial charge is 0.425 e. The molecule has 0 aliphatic heterocycles. The molecule has 5 amide bonds. The van der Waals surface area contributed by atoms with E-state index in [1.807, 2.05) is 5.32 Å². The molecule has 4 aliphatic rings. The molecule has 5 atom stereocenters. The highest BCUT2D eigenvalue weighted by Crippen LogP contribution is 2.81. The van der Waals surface area contributed by atoms with Crippen molar-refractivity contribution in [2.45, 2.75) is 52.4 Å². The van der Waals surface area contributed by atoms with Crippen LogP contribution in [0.1, 0.15) is 52.4 Å². The van der Waals surface area contributed by atoms with E-state index in [1.54, 1.807) is 0 Å². The molecule has 4 fully saturated rings. The Morgan fingerprint density at radius 2 is 1.69 bits per heavy atom. The summed E-state index contributed by atoms with van der Waals surface area (Å²) >= 11 is 0. The van der Waals surface area contributed by atoms with Gasteiger partial charge in [0.25, 0.3) is 11.8 Å². The lowest BCUT2D eigenvalue weighted by molar-refractivity contribution is -0.135. The zero-order chi connectivity index (χ0) is 21.1. The van der Waals surface area contributed by atoms with E-state index >= 15 is 0 Å². The molecule has 0 radical (unpaired) electrons. The van der Waals surface area contributed by atoms with Crippen LogP contribution in [0.5, 0.6) is 0 Å². The lowest BCUT2D eigenvalue weighted by Crippen LogP contribution is -2.56. The molecule has 3 bridgehead atoms. The lowest BCUT2D eigenvalue weighted by Gasteiger charge is -2.58. The van der Waals surface area contributed by atoms with Gasteiger partial charge in [-0.2, -0.15) is 4.90 Å². The van der Waals surface area contributed by atoms with Crippen LogP contribution in [-0.2, 0) is 14.3 Å². The maximum atomic E-state index is 12.7. The van der Waals surface area contributed by atoms with Crippen LogP contribution in [0.15, 0.2) is 24.3 Å². The van der Waals surface area contributed by atoms with Gasteiger partial charge in [0.2, 0.25) is 0 Å². The van der Waals surface area contributed by atoms with E-state index in [2.05, 4.69) is 13.2 Å². The molecule has 0 heterocycles. The number of nitrogens with zero attached hydrogens (tertiary/aromatic N) is 1. The topological polar surface area (TPSA) is 92.8 Å². The number of rotatable bonds is 4. The third kappa shape index (κ3) is 2.85. The van der Waals surface area contributed by atoms with Gasteiger partial charge in [-0.1, -0.05) is 13.2 Å². The summed E-state index contributed by atoms with van der Waals surface area (Å²) in [5.74, 6) is 0.575. The van der Waals surface area contributed by atoms with E-state index in [4.69, 9.17) is 4.74 Å². The first-order valence-corrected chi connectivity index (χ1v) is 10.3. The first kappa shape index (κ1) is 19.9. The molecule has 7 heteroatoms. The van der Waals surface area contributed by atoms with Gasteiger partial charge in [-0.25, -0.2) is 9.59 Å². The Labute approximate surface area is 170 Å². The molecular weight excluding hydrogens is 372 g/mol. The van der Waals surface area contributed by atoms with Gasteiger partial charge in [0.1, 0.15) is 0 Å². The predicted molar refractivity (Wildman–Crippen MR) is 104 cm³/mol. The Kier molecular flexibility index (Phi) is 4.48. The van der Waals surface area contributed by atoms with Gasteiger partial charge in [0, 0.05) is 16.6 Å². The van der Waals surface area contributed by atoms with Crippen molar-refractivity contribution >= 4 is 23.9 Å². The quantitative estimate of drug-likeness (QED) is 0.729. The number of imide groups is 4.